The largest absolute Gasteiger partial charge is 0.341 e. The van der Waals surface area contributed by atoms with Gasteiger partial charge in [0.15, 0.2) is 0 Å². The molecule has 0 saturated carbocycles. The molecule has 3 heteroatoms. The maximum atomic E-state index is 11.8. The minimum atomic E-state index is 0.246. The third kappa shape index (κ3) is 2.83. The zero-order valence-electron chi connectivity index (χ0n) is 9.65. The van der Waals surface area contributed by atoms with E-state index in [9.17, 15) is 4.79 Å². The molecule has 1 N–H and O–H groups in total. The monoisotopic (exact) mass is 218 g/mol. The molecule has 2 rings (SSSR count). The van der Waals surface area contributed by atoms with Crippen LogP contribution in [0.3, 0.4) is 0 Å². The van der Waals surface area contributed by atoms with E-state index >= 15 is 0 Å². The van der Waals surface area contributed by atoms with Crippen molar-refractivity contribution in [2.45, 2.75) is 13.0 Å². The minimum absolute atomic E-state index is 0.246. The second-order valence-corrected chi connectivity index (χ2v) is 4.46. The normalized spacial score (nSPS) is 15.6. The van der Waals surface area contributed by atoms with Crippen LogP contribution in [0.25, 0.3) is 0 Å². The van der Waals surface area contributed by atoms with Crippen molar-refractivity contribution in [3.8, 4) is 0 Å². The first-order valence-electron chi connectivity index (χ1n) is 5.74. The second-order valence-electron chi connectivity index (χ2n) is 4.46. The van der Waals surface area contributed by atoms with Gasteiger partial charge in [-0.3, -0.25) is 4.79 Å². The van der Waals surface area contributed by atoms with Gasteiger partial charge in [-0.15, -0.1) is 0 Å². The van der Waals surface area contributed by atoms with Gasteiger partial charge in [0, 0.05) is 20.0 Å². The van der Waals surface area contributed by atoms with Crippen molar-refractivity contribution < 1.29 is 4.79 Å². The summed E-state index contributed by atoms with van der Waals surface area (Å²) < 4.78 is 0. The first kappa shape index (κ1) is 11.1. The summed E-state index contributed by atoms with van der Waals surface area (Å²) in [7, 11) is 1.88. The molecule has 0 aliphatic carbocycles. The van der Waals surface area contributed by atoms with E-state index in [0.717, 1.165) is 13.1 Å². The molecule has 0 bridgehead atoms. The van der Waals surface area contributed by atoms with Crippen molar-refractivity contribution in [3.05, 3.63) is 35.9 Å². The van der Waals surface area contributed by atoms with Crippen LogP contribution in [0.15, 0.2) is 30.3 Å². The van der Waals surface area contributed by atoms with Crippen molar-refractivity contribution in [2.75, 3.05) is 20.1 Å². The Kier molecular flexibility index (Phi) is 3.57. The van der Waals surface area contributed by atoms with Gasteiger partial charge in [0.25, 0.3) is 0 Å². The van der Waals surface area contributed by atoms with Gasteiger partial charge >= 0.3 is 0 Å². The maximum Gasteiger partial charge on any atom is 0.222 e. The van der Waals surface area contributed by atoms with Gasteiger partial charge in [-0.05, 0) is 24.6 Å². The summed E-state index contributed by atoms with van der Waals surface area (Å²) in [4.78, 5) is 13.7. The number of carbonyl (C=O) groups excluding carboxylic acids is 1. The highest BCUT2D eigenvalue weighted by Crippen LogP contribution is 2.11. The fourth-order valence-corrected chi connectivity index (χ4v) is 1.84. The lowest BCUT2D eigenvalue weighted by Gasteiger charge is -2.28. The van der Waals surface area contributed by atoms with Gasteiger partial charge in [0.05, 0.1) is 0 Å². The fraction of sp³-hybridized carbons (Fsp3) is 0.462. The summed E-state index contributed by atoms with van der Waals surface area (Å²) >= 11 is 0. The van der Waals surface area contributed by atoms with Crippen LogP contribution < -0.4 is 5.32 Å². The van der Waals surface area contributed by atoms with E-state index in [4.69, 9.17) is 0 Å². The van der Waals surface area contributed by atoms with Gasteiger partial charge in [0.1, 0.15) is 0 Å². The molecule has 16 heavy (non-hydrogen) atoms. The van der Waals surface area contributed by atoms with Crippen LogP contribution in [0, 0.1) is 5.92 Å². The summed E-state index contributed by atoms with van der Waals surface area (Å²) in [6.07, 6.45) is 0.677. The molecule has 1 aromatic rings. The lowest BCUT2D eigenvalue weighted by atomic mass is 9.99. The Morgan fingerprint density at radius 2 is 2.06 bits per heavy atom. The third-order valence-corrected chi connectivity index (χ3v) is 3.02. The van der Waals surface area contributed by atoms with Crippen LogP contribution in [0.4, 0.5) is 0 Å². The molecule has 1 saturated heterocycles. The van der Waals surface area contributed by atoms with Crippen LogP contribution in [-0.2, 0) is 11.3 Å². The molecule has 0 radical (unpaired) electrons. The van der Waals surface area contributed by atoms with Crippen molar-refractivity contribution in [1.82, 2.24) is 10.2 Å². The lowest BCUT2D eigenvalue weighted by molar-refractivity contribution is -0.131. The number of amides is 1. The highest BCUT2D eigenvalue weighted by atomic mass is 16.2. The molecular weight excluding hydrogens is 200 g/mol. The smallest absolute Gasteiger partial charge is 0.222 e. The first-order valence-corrected chi connectivity index (χ1v) is 5.74. The summed E-state index contributed by atoms with van der Waals surface area (Å²) in [5, 5.41) is 3.18. The Labute approximate surface area is 96.5 Å². The number of benzene rings is 1. The van der Waals surface area contributed by atoms with E-state index in [1.165, 1.54) is 5.56 Å². The predicted octanol–water partition coefficient (Wildman–Crippen LogP) is 1.25. The van der Waals surface area contributed by atoms with Gasteiger partial charge in [-0.2, -0.15) is 0 Å². The Bertz CT molecular complexity index is 346. The number of rotatable bonds is 4. The van der Waals surface area contributed by atoms with Crippen molar-refractivity contribution >= 4 is 5.91 Å². The summed E-state index contributed by atoms with van der Waals surface area (Å²) in [5.41, 5.74) is 1.19. The SMILES string of the molecule is CN(Cc1ccccc1)C(=O)CC1CNC1. The molecule has 1 aliphatic rings. The Hall–Kier alpha value is -1.35. The van der Waals surface area contributed by atoms with E-state index in [2.05, 4.69) is 17.4 Å². The van der Waals surface area contributed by atoms with Crippen LogP contribution in [-0.4, -0.2) is 30.9 Å². The van der Waals surface area contributed by atoms with Gasteiger partial charge in [-0.1, -0.05) is 30.3 Å². The summed E-state index contributed by atoms with van der Waals surface area (Å²) in [6.45, 7) is 2.69. The molecule has 1 aliphatic heterocycles. The van der Waals surface area contributed by atoms with Gasteiger partial charge < -0.3 is 10.2 Å². The molecule has 1 amide bonds. The van der Waals surface area contributed by atoms with E-state index in [1.807, 2.05) is 30.1 Å². The van der Waals surface area contributed by atoms with E-state index < -0.39 is 0 Å². The average molecular weight is 218 g/mol. The average Bonchev–Trinajstić information content (AvgIpc) is 2.24. The summed E-state index contributed by atoms with van der Waals surface area (Å²) in [5.74, 6) is 0.793. The Morgan fingerprint density at radius 3 is 2.62 bits per heavy atom. The van der Waals surface area contributed by atoms with Crippen molar-refractivity contribution in [2.24, 2.45) is 5.92 Å². The molecule has 0 unspecified atom stereocenters. The number of hydrogen-bond acceptors (Lipinski definition) is 2. The molecule has 0 aromatic heterocycles. The van der Waals surface area contributed by atoms with Crippen LogP contribution in [0.1, 0.15) is 12.0 Å². The van der Waals surface area contributed by atoms with E-state index in [1.54, 1.807) is 0 Å². The molecule has 3 nitrogen and oxygen atoms in total. The third-order valence-electron chi connectivity index (χ3n) is 3.02. The van der Waals surface area contributed by atoms with E-state index in [-0.39, 0.29) is 5.91 Å². The summed E-state index contributed by atoms with van der Waals surface area (Å²) in [6, 6.07) is 10.1. The quantitative estimate of drug-likeness (QED) is 0.825. The van der Waals surface area contributed by atoms with Crippen molar-refractivity contribution in [3.63, 3.8) is 0 Å². The predicted molar refractivity (Wildman–Crippen MR) is 63.9 cm³/mol. The molecular formula is C13H18N2O. The topological polar surface area (TPSA) is 32.3 Å². The van der Waals surface area contributed by atoms with Crippen LogP contribution in [0.5, 0.6) is 0 Å². The first-order chi connectivity index (χ1) is 7.75. The molecule has 1 aromatic carbocycles. The lowest BCUT2D eigenvalue weighted by Crippen LogP contribution is -2.44. The highest BCUT2D eigenvalue weighted by Gasteiger charge is 2.21. The molecule has 0 spiro atoms. The van der Waals surface area contributed by atoms with Crippen LogP contribution in [0.2, 0.25) is 0 Å². The molecule has 0 atom stereocenters. The molecule has 1 fully saturated rings. The van der Waals surface area contributed by atoms with Crippen LogP contribution >= 0.6 is 0 Å². The Balaban J connectivity index is 1.82. The van der Waals surface area contributed by atoms with Crippen molar-refractivity contribution in [1.29, 1.82) is 0 Å². The number of nitrogens with one attached hydrogen (secondary N) is 1. The standard InChI is InChI=1S/C13H18N2O/c1-15(10-11-5-3-2-4-6-11)13(16)7-12-8-14-9-12/h2-6,12,14H,7-10H2,1H3. The molecule has 1 heterocycles. The zero-order chi connectivity index (χ0) is 11.4. The number of hydrogen-bond donors (Lipinski definition) is 1. The zero-order valence-corrected chi connectivity index (χ0v) is 9.65. The van der Waals surface area contributed by atoms with E-state index in [0.29, 0.717) is 18.9 Å². The maximum absolute atomic E-state index is 11.8. The highest BCUT2D eigenvalue weighted by molar-refractivity contribution is 5.76. The van der Waals surface area contributed by atoms with Gasteiger partial charge in [0.2, 0.25) is 5.91 Å². The number of nitrogens with zero attached hydrogens (tertiary/aromatic N) is 1. The van der Waals surface area contributed by atoms with Gasteiger partial charge in [-0.25, -0.2) is 0 Å². The molecule has 86 valence electrons. The second kappa shape index (κ2) is 5.12. The Morgan fingerprint density at radius 1 is 1.38 bits per heavy atom. The minimum Gasteiger partial charge on any atom is -0.341 e. The number of carbonyl (C=O) groups is 1. The fourth-order valence-electron chi connectivity index (χ4n) is 1.84.